The molecule has 2 rings (SSSR count). The Balaban J connectivity index is 1.90. The molecule has 0 aromatic heterocycles. The summed E-state index contributed by atoms with van der Waals surface area (Å²) in [4.78, 5) is 11.4. The first-order valence-electron chi connectivity index (χ1n) is 6.78. The van der Waals surface area contributed by atoms with E-state index < -0.39 is 0 Å². The molecule has 0 heterocycles. The molecule has 19 heavy (non-hydrogen) atoms. The van der Waals surface area contributed by atoms with Gasteiger partial charge in [-0.2, -0.15) is 0 Å². The molecule has 1 aromatic carbocycles. The third-order valence-electron chi connectivity index (χ3n) is 3.87. The van der Waals surface area contributed by atoms with Crippen molar-refractivity contribution in [2.45, 2.75) is 44.7 Å². The Morgan fingerprint density at radius 1 is 1.37 bits per heavy atom. The Hall–Kier alpha value is -1.06. The molecule has 0 saturated heterocycles. The number of amides is 1. The van der Waals surface area contributed by atoms with Crippen molar-refractivity contribution in [3.05, 3.63) is 34.9 Å². The highest BCUT2D eigenvalue weighted by Gasteiger charge is 2.34. The quantitative estimate of drug-likeness (QED) is 0.871. The predicted octanol–water partition coefficient (Wildman–Crippen LogP) is 2.69. The zero-order chi connectivity index (χ0) is 14.0. The van der Waals surface area contributed by atoms with Gasteiger partial charge in [0.2, 0.25) is 5.91 Å². The summed E-state index contributed by atoms with van der Waals surface area (Å²) in [5.41, 5.74) is 6.62. The second kappa shape index (κ2) is 5.93. The van der Waals surface area contributed by atoms with E-state index in [0.29, 0.717) is 12.0 Å². The summed E-state index contributed by atoms with van der Waals surface area (Å²) in [5, 5.41) is 4.19. The molecule has 1 fully saturated rings. The van der Waals surface area contributed by atoms with Gasteiger partial charge in [0, 0.05) is 11.1 Å². The van der Waals surface area contributed by atoms with E-state index in [0.717, 1.165) is 17.9 Å². The van der Waals surface area contributed by atoms with Crippen LogP contribution in [0.15, 0.2) is 24.3 Å². The molecule has 1 aliphatic carbocycles. The van der Waals surface area contributed by atoms with Crippen molar-refractivity contribution < 1.29 is 4.79 Å². The van der Waals surface area contributed by atoms with E-state index in [-0.39, 0.29) is 17.9 Å². The molecule has 1 amide bonds. The molecule has 1 saturated carbocycles. The molecule has 3 nitrogen and oxygen atoms in total. The maximum atomic E-state index is 11.4. The summed E-state index contributed by atoms with van der Waals surface area (Å²) in [5.74, 6) is 0.444. The van der Waals surface area contributed by atoms with Gasteiger partial charge in [-0.3, -0.25) is 4.79 Å². The zero-order valence-electron chi connectivity index (χ0n) is 11.4. The second-order valence-corrected chi connectivity index (χ2v) is 6.08. The van der Waals surface area contributed by atoms with Crippen LogP contribution in [0.5, 0.6) is 0 Å². The lowest BCUT2D eigenvalue weighted by atomic mass is 9.75. The van der Waals surface area contributed by atoms with Gasteiger partial charge in [0.05, 0.1) is 6.04 Å². The number of primary amides is 1. The van der Waals surface area contributed by atoms with Crippen molar-refractivity contribution in [3.8, 4) is 0 Å². The maximum absolute atomic E-state index is 11.4. The summed E-state index contributed by atoms with van der Waals surface area (Å²) in [7, 11) is 0. The van der Waals surface area contributed by atoms with Gasteiger partial charge < -0.3 is 11.1 Å². The van der Waals surface area contributed by atoms with E-state index in [9.17, 15) is 4.79 Å². The Morgan fingerprint density at radius 3 is 2.53 bits per heavy atom. The fourth-order valence-electron chi connectivity index (χ4n) is 2.67. The van der Waals surface area contributed by atoms with Crippen LogP contribution >= 0.6 is 11.6 Å². The SMILES string of the molecule is CC(C)C(NC1CC(c2ccccc2Cl)C1)C(N)=O. The van der Waals surface area contributed by atoms with Gasteiger partial charge in [0.25, 0.3) is 0 Å². The van der Waals surface area contributed by atoms with Crippen LogP contribution < -0.4 is 11.1 Å². The van der Waals surface area contributed by atoms with E-state index in [1.807, 2.05) is 32.0 Å². The standard InChI is InChI=1S/C15H21ClN2O/c1-9(2)14(15(17)19)18-11-7-10(8-11)12-5-3-4-6-13(12)16/h3-6,9-11,14,18H,7-8H2,1-2H3,(H2,17,19). The number of rotatable bonds is 5. The normalized spacial score (nSPS) is 24.0. The van der Waals surface area contributed by atoms with Crippen LogP contribution in [0.2, 0.25) is 5.02 Å². The molecule has 0 spiro atoms. The number of hydrogen-bond acceptors (Lipinski definition) is 2. The van der Waals surface area contributed by atoms with Crippen molar-refractivity contribution in [3.63, 3.8) is 0 Å². The van der Waals surface area contributed by atoms with Crippen molar-refractivity contribution in [2.75, 3.05) is 0 Å². The number of benzene rings is 1. The second-order valence-electron chi connectivity index (χ2n) is 5.68. The predicted molar refractivity (Wildman–Crippen MR) is 78.2 cm³/mol. The molecule has 0 bridgehead atoms. The van der Waals surface area contributed by atoms with Crippen LogP contribution in [-0.2, 0) is 4.79 Å². The summed E-state index contributed by atoms with van der Waals surface area (Å²) in [6.45, 7) is 4.01. The minimum atomic E-state index is -0.267. The zero-order valence-corrected chi connectivity index (χ0v) is 12.2. The van der Waals surface area contributed by atoms with Gasteiger partial charge in [0.15, 0.2) is 0 Å². The third kappa shape index (κ3) is 3.28. The first kappa shape index (κ1) is 14.4. The lowest BCUT2D eigenvalue weighted by Crippen LogP contribution is -2.53. The van der Waals surface area contributed by atoms with Gasteiger partial charge in [-0.05, 0) is 36.3 Å². The smallest absolute Gasteiger partial charge is 0.234 e. The monoisotopic (exact) mass is 280 g/mol. The van der Waals surface area contributed by atoms with Crippen LogP contribution in [0.25, 0.3) is 0 Å². The molecule has 3 N–H and O–H groups in total. The van der Waals surface area contributed by atoms with Gasteiger partial charge in [-0.15, -0.1) is 0 Å². The van der Waals surface area contributed by atoms with Crippen LogP contribution in [0.3, 0.4) is 0 Å². The number of halogens is 1. The Morgan fingerprint density at radius 2 is 2.00 bits per heavy atom. The highest BCUT2D eigenvalue weighted by molar-refractivity contribution is 6.31. The van der Waals surface area contributed by atoms with Crippen molar-refractivity contribution in [2.24, 2.45) is 11.7 Å². The molecule has 1 aliphatic rings. The van der Waals surface area contributed by atoms with Crippen LogP contribution in [-0.4, -0.2) is 18.0 Å². The van der Waals surface area contributed by atoms with Gasteiger partial charge in [0.1, 0.15) is 0 Å². The van der Waals surface area contributed by atoms with Crippen LogP contribution in [0.1, 0.15) is 38.2 Å². The minimum Gasteiger partial charge on any atom is -0.368 e. The lowest BCUT2D eigenvalue weighted by molar-refractivity contribution is -0.121. The Kier molecular flexibility index (Phi) is 4.48. The molecule has 104 valence electrons. The molecule has 1 unspecified atom stereocenters. The minimum absolute atomic E-state index is 0.219. The van der Waals surface area contributed by atoms with E-state index >= 15 is 0 Å². The Labute approximate surface area is 119 Å². The molecular weight excluding hydrogens is 260 g/mol. The van der Waals surface area contributed by atoms with Crippen LogP contribution in [0, 0.1) is 5.92 Å². The molecule has 4 heteroatoms. The lowest BCUT2D eigenvalue weighted by Gasteiger charge is -2.39. The fraction of sp³-hybridized carbons (Fsp3) is 0.533. The average Bonchev–Trinajstić information content (AvgIpc) is 2.28. The topological polar surface area (TPSA) is 55.1 Å². The summed E-state index contributed by atoms with van der Waals surface area (Å²) < 4.78 is 0. The molecule has 0 aliphatic heterocycles. The first-order chi connectivity index (χ1) is 8.99. The number of nitrogens with two attached hydrogens (primary N) is 1. The van der Waals surface area contributed by atoms with Gasteiger partial charge in [-0.1, -0.05) is 43.6 Å². The van der Waals surface area contributed by atoms with Gasteiger partial charge >= 0.3 is 0 Å². The van der Waals surface area contributed by atoms with E-state index in [2.05, 4.69) is 11.4 Å². The number of carbonyl (C=O) groups is 1. The fourth-order valence-corrected chi connectivity index (χ4v) is 2.96. The highest BCUT2D eigenvalue weighted by Crippen LogP contribution is 2.40. The van der Waals surface area contributed by atoms with Gasteiger partial charge in [-0.25, -0.2) is 0 Å². The number of hydrogen-bond donors (Lipinski definition) is 2. The van der Waals surface area contributed by atoms with Crippen molar-refractivity contribution >= 4 is 17.5 Å². The highest BCUT2D eigenvalue weighted by atomic mass is 35.5. The van der Waals surface area contributed by atoms with E-state index in [4.69, 9.17) is 17.3 Å². The molecular formula is C15H21ClN2O. The Bertz CT molecular complexity index is 455. The van der Waals surface area contributed by atoms with E-state index in [1.165, 1.54) is 5.56 Å². The number of carbonyl (C=O) groups excluding carboxylic acids is 1. The summed E-state index contributed by atoms with van der Waals surface area (Å²) in [6, 6.07) is 8.10. The summed E-state index contributed by atoms with van der Waals surface area (Å²) >= 11 is 6.19. The van der Waals surface area contributed by atoms with Crippen molar-refractivity contribution in [1.29, 1.82) is 0 Å². The van der Waals surface area contributed by atoms with Crippen LogP contribution in [0.4, 0.5) is 0 Å². The third-order valence-corrected chi connectivity index (χ3v) is 4.22. The molecule has 1 atom stereocenters. The largest absolute Gasteiger partial charge is 0.368 e. The molecule has 0 radical (unpaired) electrons. The number of nitrogens with one attached hydrogen (secondary N) is 1. The van der Waals surface area contributed by atoms with Crippen molar-refractivity contribution in [1.82, 2.24) is 5.32 Å². The first-order valence-corrected chi connectivity index (χ1v) is 7.16. The summed E-state index contributed by atoms with van der Waals surface area (Å²) in [6.07, 6.45) is 2.03. The average molecular weight is 281 g/mol. The maximum Gasteiger partial charge on any atom is 0.234 e. The molecule has 1 aromatic rings. The van der Waals surface area contributed by atoms with E-state index in [1.54, 1.807) is 0 Å².